The number of hydrogen-bond acceptors (Lipinski definition) is 3. The molecular weight excluding hydrogens is 342 g/mol. The number of benzene rings is 3. The van der Waals surface area contributed by atoms with E-state index in [0.29, 0.717) is 6.42 Å². The van der Waals surface area contributed by atoms with Crippen LogP contribution in [-0.4, -0.2) is 17.6 Å². The molecule has 1 amide bonds. The lowest BCUT2D eigenvalue weighted by molar-refractivity contribution is -0.120. The minimum atomic E-state index is -0.706. The molecule has 0 aliphatic rings. The van der Waals surface area contributed by atoms with Gasteiger partial charge in [-0.3, -0.25) is 4.79 Å². The Hall–Kier alpha value is -2.69. The highest BCUT2D eigenvalue weighted by Crippen LogP contribution is 2.29. The Kier molecular flexibility index (Phi) is 4.69. The number of thiophene rings is 1. The number of carbonyl (C=O) groups excluding carboxylic acids is 1. The maximum absolute atomic E-state index is 12.4. The van der Waals surface area contributed by atoms with Gasteiger partial charge in [0.25, 0.3) is 0 Å². The van der Waals surface area contributed by atoms with Crippen LogP contribution in [0.4, 0.5) is 0 Å². The fourth-order valence-corrected chi connectivity index (χ4v) is 4.27. The van der Waals surface area contributed by atoms with Crippen molar-refractivity contribution >= 4 is 38.1 Å². The fourth-order valence-electron chi connectivity index (χ4n) is 3.26. The molecule has 0 bridgehead atoms. The molecule has 4 rings (SSSR count). The van der Waals surface area contributed by atoms with Gasteiger partial charge in [0.1, 0.15) is 0 Å². The first-order valence-corrected chi connectivity index (χ1v) is 9.48. The van der Waals surface area contributed by atoms with Crippen molar-refractivity contribution in [3.8, 4) is 0 Å². The van der Waals surface area contributed by atoms with Crippen molar-refractivity contribution in [1.82, 2.24) is 5.32 Å². The monoisotopic (exact) mass is 361 g/mol. The third-order valence-corrected chi connectivity index (χ3v) is 5.58. The summed E-state index contributed by atoms with van der Waals surface area (Å²) in [6.45, 7) is 0.213. The number of nitrogens with one attached hydrogen (secondary N) is 1. The van der Waals surface area contributed by atoms with Gasteiger partial charge in [-0.25, -0.2) is 0 Å². The van der Waals surface area contributed by atoms with E-state index in [9.17, 15) is 9.90 Å². The molecule has 0 saturated carbocycles. The van der Waals surface area contributed by atoms with E-state index in [4.69, 9.17) is 0 Å². The summed E-state index contributed by atoms with van der Waals surface area (Å²) in [6, 6.07) is 22.0. The summed E-state index contributed by atoms with van der Waals surface area (Å²) in [4.78, 5) is 12.4. The molecule has 3 aromatic carbocycles. The molecule has 1 atom stereocenters. The third kappa shape index (κ3) is 3.34. The Morgan fingerprint density at radius 3 is 2.58 bits per heavy atom. The van der Waals surface area contributed by atoms with Gasteiger partial charge in [0.2, 0.25) is 5.91 Å². The van der Waals surface area contributed by atoms with Gasteiger partial charge >= 0.3 is 0 Å². The molecule has 130 valence electrons. The molecule has 1 heterocycles. The van der Waals surface area contributed by atoms with Gasteiger partial charge in [0.05, 0.1) is 12.5 Å². The van der Waals surface area contributed by atoms with Crippen LogP contribution < -0.4 is 5.32 Å². The van der Waals surface area contributed by atoms with Crippen LogP contribution in [0.25, 0.3) is 20.9 Å². The zero-order valence-electron chi connectivity index (χ0n) is 14.2. The number of hydrogen-bond donors (Lipinski definition) is 2. The van der Waals surface area contributed by atoms with E-state index >= 15 is 0 Å². The molecule has 3 nitrogen and oxygen atoms in total. The number of aliphatic hydroxyl groups excluding tert-OH is 1. The Morgan fingerprint density at radius 2 is 1.69 bits per heavy atom. The zero-order chi connectivity index (χ0) is 17.9. The van der Waals surface area contributed by atoms with E-state index < -0.39 is 6.10 Å². The van der Waals surface area contributed by atoms with E-state index in [2.05, 4.69) is 5.32 Å². The van der Waals surface area contributed by atoms with Crippen LogP contribution in [0.1, 0.15) is 17.2 Å². The largest absolute Gasteiger partial charge is 0.387 e. The topological polar surface area (TPSA) is 49.3 Å². The first kappa shape index (κ1) is 16.8. The van der Waals surface area contributed by atoms with Crippen molar-refractivity contribution in [2.45, 2.75) is 12.5 Å². The molecule has 0 spiro atoms. The summed E-state index contributed by atoms with van der Waals surface area (Å²) in [6.07, 6.45) is -0.402. The second-order valence-electron chi connectivity index (χ2n) is 6.32. The van der Waals surface area contributed by atoms with E-state index in [1.165, 1.54) is 0 Å². The third-order valence-electron chi connectivity index (χ3n) is 4.59. The van der Waals surface area contributed by atoms with Crippen molar-refractivity contribution in [2.75, 3.05) is 6.54 Å². The van der Waals surface area contributed by atoms with Crippen molar-refractivity contribution in [1.29, 1.82) is 0 Å². The van der Waals surface area contributed by atoms with Gasteiger partial charge in [-0.05, 0) is 33.2 Å². The van der Waals surface area contributed by atoms with Crippen molar-refractivity contribution in [3.63, 3.8) is 0 Å². The average Bonchev–Trinajstić information content (AvgIpc) is 3.11. The first-order chi connectivity index (χ1) is 12.7. The molecule has 0 aliphatic carbocycles. The Labute approximate surface area is 155 Å². The molecule has 1 unspecified atom stereocenters. The van der Waals surface area contributed by atoms with Crippen LogP contribution in [0.3, 0.4) is 0 Å². The summed E-state index contributed by atoms with van der Waals surface area (Å²) in [5, 5.41) is 18.6. The van der Waals surface area contributed by atoms with Gasteiger partial charge in [-0.2, -0.15) is 0 Å². The molecule has 2 N–H and O–H groups in total. The van der Waals surface area contributed by atoms with Gasteiger partial charge < -0.3 is 10.4 Å². The Bertz CT molecular complexity index is 1060. The fraction of sp³-hybridized carbons (Fsp3) is 0.136. The van der Waals surface area contributed by atoms with E-state index in [-0.39, 0.29) is 12.5 Å². The van der Waals surface area contributed by atoms with E-state index in [0.717, 1.165) is 32.0 Å². The molecule has 26 heavy (non-hydrogen) atoms. The van der Waals surface area contributed by atoms with Crippen molar-refractivity contribution in [2.24, 2.45) is 0 Å². The smallest absolute Gasteiger partial charge is 0.224 e. The minimum Gasteiger partial charge on any atom is -0.387 e. The molecule has 0 aliphatic heterocycles. The predicted molar refractivity (Wildman–Crippen MR) is 107 cm³/mol. The Balaban J connectivity index is 1.43. The van der Waals surface area contributed by atoms with Gasteiger partial charge in [0.15, 0.2) is 0 Å². The lowest BCUT2D eigenvalue weighted by Gasteiger charge is -2.12. The lowest BCUT2D eigenvalue weighted by Crippen LogP contribution is -2.29. The van der Waals surface area contributed by atoms with Crippen LogP contribution in [0, 0.1) is 0 Å². The number of amides is 1. The normalized spacial score (nSPS) is 12.3. The van der Waals surface area contributed by atoms with Crippen LogP contribution in [0.5, 0.6) is 0 Å². The van der Waals surface area contributed by atoms with Crippen LogP contribution in [0.2, 0.25) is 0 Å². The summed E-state index contributed by atoms with van der Waals surface area (Å²) in [7, 11) is 0. The van der Waals surface area contributed by atoms with E-state index in [1.54, 1.807) is 11.3 Å². The highest BCUT2D eigenvalue weighted by Gasteiger charge is 2.14. The van der Waals surface area contributed by atoms with Crippen LogP contribution in [-0.2, 0) is 11.2 Å². The summed E-state index contributed by atoms with van der Waals surface area (Å²) in [5.41, 5.74) is 1.87. The summed E-state index contributed by atoms with van der Waals surface area (Å²) >= 11 is 1.61. The first-order valence-electron chi connectivity index (χ1n) is 8.60. The molecule has 0 saturated heterocycles. The highest BCUT2D eigenvalue weighted by molar-refractivity contribution is 7.17. The quantitative estimate of drug-likeness (QED) is 0.552. The second kappa shape index (κ2) is 7.28. The number of carbonyl (C=O) groups is 1. The van der Waals surface area contributed by atoms with Gasteiger partial charge in [-0.15, -0.1) is 11.3 Å². The van der Waals surface area contributed by atoms with Crippen molar-refractivity contribution in [3.05, 3.63) is 83.2 Å². The van der Waals surface area contributed by atoms with Crippen molar-refractivity contribution < 1.29 is 9.90 Å². The molecule has 0 fully saturated rings. The van der Waals surface area contributed by atoms with Crippen LogP contribution in [0.15, 0.2) is 72.1 Å². The van der Waals surface area contributed by atoms with Gasteiger partial charge in [-0.1, -0.05) is 60.7 Å². The lowest BCUT2D eigenvalue weighted by atomic mass is 10.0. The Morgan fingerprint density at radius 1 is 0.962 bits per heavy atom. The van der Waals surface area contributed by atoms with E-state index in [1.807, 2.05) is 72.1 Å². The number of rotatable bonds is 5. The second-order valence-corrected chi connectivity index (χ2v) is 7.23. The summed E-state index contributed by atoms with van der Waals surface area (Å²) in [5.74, 6) is -0.0834. The molecule has 4 aromatic rings. The predicted octanol–water partition coefficient (Wildman–Crippen LogP) is 4.45. The number of aliphatic hydroxyl groups is 1. The minimum absolute atomic E-state index is 0.0834. The standard InChI is InChI=1S/C22H19NO2S/c24-20(19-14-26-21-11-4-3-10-18(19)21)13-23-22(25)12-16-8-5-7-15-6-1-2-9-17(15)16/h1-11,14,20,24H,12-13H2,(H,23,25). The van der Waals surface area contributed by atoms with Crippen LogP contribution >= 0.6 is 11.3 Å². The molecule has 0 radical (unpaired) electrons. The zero-order valence-corrected chi connectivity index (χ0v) is 15.0. The van der Waals surface area contributed by atoms with Gasteiger partial charge in [0, 0.05) is 16.8 Å². The molecule has 4 heteroatoms. The SMILES string of the molecule is O=C(Cc1cccc2ccccc12)NCC(O)c1csc2ccccc12. The molecular formula is C22H19NO2S. The average molecular weight is 361 g/mol. The highest BCUT2D eigenvalue weighted by atomic mass is 32.1. The maximum Gasteiger partial charge on any atom is 0.224 e. The molecule has 1 aromatic heterocycles. The number of fused-ring (bicyclic) bond motifs is 2. The maximum atomic E-state index is 12.4. The summed E-state index contributed by atoms with van der Waals surface area (Å²) < 4.78 is 1.14.